The second kappa shape index (κ2) is 7.22. The van der Waals surface area contributed by atoms with Crippen molar-refractivity contribution in [2.24, 2.45) is 0 Å². The smallest absolute Gasteiger partial charge is 0.219 e. The number of anilines is 1. The molecule has 0 radical (unpaired) electrons. The summed E-state index contributed by atoms with van der Waals surface area (Å²) in [5.74, 6) is 1.55. The number of ether oxygens (including phenoxy) is 1. The molecule has 0 atom stereocenters. The van der Waals surface area contributed by atoms with E-state index in [1.54, 1.807) is 20.1 Å². The van der Waals surface area contributed by atoms with Gasteiger partial charge >= 0.3 is 0 Å². The van der Waals surface area contributed by atoms with Crippen LogP contribution in [0.2, 0.25) is 0 Å². The fourth-order valence-corrected chi connectivity index (χ4v) is 2.93. The molecule has 0 unspecified atom stereocenters. The molecule has 6 heteroatoms. The van der Waals surface area contributed by atoms with Crippen LogP contribution in [0.15, 0.2) is 36.4 Å². The van der Waals surface area contributed by atoms with Crippen LogP contribution in [0.5, 0.6) is 5.75 Å². The maximum atomic E-state index is 11.5. The van der Waals surface area contributed by atoms with E-state index < -0.39 is 0 Å². The van der Waals surface area contributed by atoms with Gasteiger partial charge in [-0.25, -0.2) is 4.98 Å². The minimum atomic E-state index is 0.0834. The SMILES string of the molecule is COc1ccc(-c2ccc(C#N)c(N3CCN(C(C)=O)CC3)n2)cc1. The number of nitrogens with zero attached hydrogens (tertiary/aromatic N) is 4. The zero-order valence-corrected chi connectivity index (χ0v) is 14.4. The standard InChI is InChI=1S/C19H20N4O2/c1-14(24)22-9-11-23(12-10-22)19-16(13-20)5-8-18(21-19)15-3-6-17(25-2)7-4-15/h3-8H,9-12H2,1-2H3. The highest BCUT2D eigenvalue weighted by Gasteiger charge is 2.22. The minimum absolute atomic E-state index is 0.0834. The van der Waals surface area contributed by atoms with Crippen LogP contribution in [-0.4, -0.2) is 49.1 Å². The van der Waals surface area contributed by atoms with E-state index in [2.05, 4.69) is 11.0 Å². The fourth-order valence-electron chi connectivity index (χ4n) is 2.93. The van der Waals surface area contributed by atoms with Crippen molar-refractivity contribution in [2.75, 3.05) is 38.2 Å². The number of carbonyl (C=O) groups is 1. The molecule has 0 spiro atoms. The third-order valence-corrected chi connectivity index (χ3v) is 4.41. The van der Waals surface area contributed by atoms with Crippen molar-refractivity contribution in [3.63, 3.8) is 0 Å². The Kier molecular flexibility index (Phi) is 4.85. The molecule has 3 rings (SSSR count). The maximum Gasteiger partial charge on any atom is 0.219 e. The largest absolute Gasteiger partial charge is 0.497 e. The summed E-state index contributed by atoms with van der Waals surface area (Å²) in [4.78, 5) is 20.1. The number of amides is 1. The van der Waals surface area contributed by atoms with E-state index in [0.29, 0.717) is 37.6 Å². The molecule has 0 N–H and O–H groups in total. The first-order valence-corrected chi connectivity index (χ1v) is 8.18. The van der Waals surface area contributed by atoms with Gasteiger partial charge in [0.15, 0.2) is 0 Å². The number of nitriles is 1. The van der Waals surface area contributed by atoms with Crippen LogP contribution in [0.25, 0.3) is 11.3 Å². The zero-order valence-electron chi connectivity index (χ0n) is 14.4. The molecule has 1 amide bonds. The second-order valence-electron chi connectivity index (χ2n) is 5.90. The van der Waals surface area contributed by atoms with Gasteiger partial charge in [-0.2, -0.15) is 5.26 Å². The Balaban J connectivity index is 1.88. The number of hydrogen-bond donors (Lipinski definition) is 0. The van der Waals surface area contributed by atoms with Crippen molar-refractivity contribution >= 4 is 11.7 Å². The third-order valence-electron chi connectivity index (χ3n) is 4.41. The zero-order chi connectivity index (χ0) is 17.8. The Bertz CT molecular complexity index is 803. The van der Waals surface area contributed by atoms with Crippen LogP contribution in [-0.2, 0) is 4.79 Å². The average Bonchev–Trinajstić information content (AvgIpc) is 2.67. The van der Waals surface area contributed by atoms with E-state index in [1.165, 1.54) is 0 Å². The van der Waals surface area contributed by atoms with E-state index in [1.807, 2.05) is 35.2 Å². The van der Waals surface area contributed by atoms with Gasteiger partial charge in [-0.15, -0.1) is 0 Å². The van der Waals surface area contributed by atoms with Gasteiger partial charge in [-0.1, -0.05) is 0 Å². The number of aromatic nitrogens is 1. The Hall–Kier alpha value is -3.07. The molecule has 128 valence electrons. The topological polar surface area (TPSA) is 69.5 Å². The molecule has 1 aliphatic rings. The van der Waals surface area contributed by atoms with Crippen LogP contribution in [0.4, 0.5) is 5.82 Å². The predicted octanol–water partition coefficient (Wildman–Crippen LogP) is 2.30. The summed E-state index contributed by atoms with van der Waals surface area (Å²) in [5.41, 5.74) is 2.33. The number of carbonyl (C=O) groups excluding carboxylic acids is 1. The van der Waals surface area contributed by atoms with E-state index in [9.17, 15) is 10.1 Å². The Labute approximate surface area is 147 Å². The van der Waals surface area contributed by atoms with E-state index in [0.717, 1.165) is 17.0 Å². The summed E-state index contributed by atoms with van der Waals surface area (Å²) >= 11 is 0. The lowest BCUT2D eigenvalue weighted by Gasteiger charge is -2.35. The van der Waals surface area contributed by atoms with E-state index in [4.69, 9.17) is 9.72 Å². The van der Waals surface area contributed by atoms with Crippen LogP contribution >= 0.6 is 0 Å². The number of rotatable bonds is 3. The Morgan fingerprint density at radius 2 is 1.80 bits per heavy atom. The lowest BCUT2D eigenvalue weighted by Crippen LogP contribution is -2.48. The maximum absolute atomic E-state index is 11.5. The molecule has 0 aliphatic carbocycles. The second-order valence-corrected chi connectivity index (χ2v) is 5.90. The van der Waals surface area contributed by atoms with Crippen LogP contribution in [0.1, 0.15) is 12.5 Å². The highest BCUT2D eigenvalue weighted by atomic mass is 16.5. The predicted molar refractivity (Wildman–Crippen MR) is 95.4 cm³/mol. The van der Waals surface area contributed by atoms with Gasteiger partial charge in [0.1, 0.15) is 17.6 Å². The van der Waals surface area contributed by atoms with Gasteiger partial charge in [-0.05, 0) is 36.4 Å². The van der Waals surface area contributed by atoms with Crippen molar-refractivity contribution in [3.05, 3.63) is 42.0 Å². The fraction of sp³-hybridized carbons (Fsp3) is 0.316. The first-order chi connectivity index (χ1) is 12.1. The Morgan fingerprint density at radius 3 is 2.36 bits per heavy atom. The summed E-state index contributed by atoms with van der Waals surface area (Å²) in [6, 6.07) is 13.6. The quantitative estimate of drug-likeness (QED) is 0.860. The van der Waals surface area contributed by atoms with Gasteiger partial charge in [0.25, 0.3) is 0 Å². The molecular weight excluding hydrogens is 316 g/mol. The van der Waals surface area contributed by atoms with Crippen molar-refractivity contribution < 1.29 is 9.53 Å². The number of piperazine rings is 1. The lowest BCUT2D eigenvalue weighted by molar-refractivity contribution is -0.129. The molecule has 2 heterocycles. The third kappa shape index (κ3) is 3.56. The average molecular weight is 336 g/mol. The van der Waals surface area contributed by atoms with Gasteiger partial charge in [0.2, 0.25) is 5.91 Å². The molecule has 2 aromatic rings. The first kappa shape index (κ1) is 16.8. The summed E-state index contributed by atoms with van der Waals surface area (Å²) in [5, 5.41) is 9.42. The van der Waals surface area contributed by atoms with Gasteiger partial charge in [0.05, 0.1) is 18.4 Å². The van der Waals surface area contributed by atoms with Gasteiger partial charge in [-0.3, -0.25) is 4.79 Å². The Morgan fingerprint density at radius 1 is 1.12 bits per heavy atom. The van der Waals surface area contributed by atoms with Gasteiger partial charge < -0.3 is 14.5 Å². The molecule has 1 aliphatic heterocycles. The van der Waals surface area contributed by atoms with Crippen LogP contribution in [0.3, 0.4) is 0 Å². The number of methoxy groups -OCH3 is 1. The van der Waals surface area contributed by atoms with Crippen LogP contribution < -0.4 is 9.64 Å². The normalized spacial score (nSPS) is 14.1. The van der Waals surface area contributed by atoms with Gasteiger partial charge in [0, 0.05) is 38.7 Å². The molecule has 1 saturated heterocycles. The molecule has 1 fully saturated rings. The number of hydrogen-bond acceptors (Lipinski definition) is 5. The monoisotopic (exact) mass is 336 g/mol. The molecule has 6 nitrogen and oxygen atoms in total. The first-order valence-electron chi connectivity index (χ1n) is 8.18. The van der Waals surface area contributed by atoms with Crippen molar-refractivity contribution in [1.82, 2.24) is 9.88 Å². The highest BCUT2D eigenvalue weighted by Crippen LogP contribution is 2.26. The summed E-state index contributed by atoms with van der Waals surface area (Å²) in [7, 11) is 1.63. The minimum Gasteiger partial charge on any atom is -0.497 e. The van der Waals surface area contributed by atoms with E-state index >= 15 is 0 Å². The molecular formula is C19H20N4O2. The summed E-state index contributed by atoms with van der Waals surface area (Å²) in [6.07, 6.45) is 0. The summed E-state index contributed by atoms with van der Waals surface area (Å²) in [6.45, 7) is 4.23. The van der Waals surface area contributed by atoms with Crippen molar-refractivity contribution in [2.45, 2.75) is 6.92 Å². The molecule has 0 bridgehead atoms. The number of benzene rings is 1. The highest BCUT2D eigenvalue weighted by molar-refractivity contribution is 5.73. The van der Waals surface area contributed by atoms with Crippen molar-refractivity contribution in [1.29, 1.82) is 5.26 Å². The van der Waals surface area contributed by atoms with Crippen molar-refractivity contribution in [3.8, 4) is 23.1 Å². The molecule has 0 saturated carbocycles. The van der Waals surface area contributed by atoms with E-state index in [-0.39, 0.29) is 5.91 Å². The number of pyridine rings is 1. The lowest BCUT2D eigenvalue weighted by atomic mass is 10.1. The molecule has 1 aromatic carbocycles. The van der Waals surface area contributed by atoms with Crippen LogP contribution in [0, 0.1) is 11.3 Å². The molecule has 1 aromatic heterocycles. The molecule has 25 heavy (non-hydrogen) atoms. The summed E-state index contributed by atoms with van der Waals surface area (Å²) < 4.78 is 5.19.